The molecule has 1 saturated heterocycles. The first kappa shape index (κ1) is 8.26. The van der Waals surface area contributed by atoms with Crippen molar-refractivity contribution in [1.29, 1.82) is 0 Å². The SMILES string of the molecule is NC1CN(C(=O)c2ccccc2)C1. The van der Waals surface area contributed by atoms with Gasteiger partial charge in [-0.05, 0) is 12.1 Å². The molecule has 1 aliphatic heterocycles. The summed E-state index contributed by atoms with van der Waals surface area (Å²) < 4.78 is 0. The van der Waals surface area contributed by atoms with Gasteiger partial charge in [0.2, 0.25) is 0 Å². The maximum Gasteiger partial charge on any atom is 0.253 e. The minimum Gasteiger partial charge on any atom is -0.335 e. The zero-order valence-corrected chi connectivity index (χ0v) is 7.31. The highest BCUT2D eigenvalue weighted by molar-refractivity contribution is 5.94. The number of benzene rings is 1. The van der Waals surface area contributed by atoms with Crippen LogP contribution < -0.4 is 5.73 Å². The first-order valence-electron chi connectivity index (χ1n) is 4.37. The molecule has 0 atom stereocenters. The van der Waals surface area contributed by atoms with Gasteiger partial charge in [-0.25, -0.2) is 0 Å². The largest absolute Gasteiger partial charge is 0.335 e. The van der Waals surface area contributed by atoms with E-state index in [9.17, 15) is 4.79 Å². The van der Waals surface area contributed by atoms with Crippen LogP contribution >= 0.6 is 0 Å². The van der Waals surface area contributed by atoms with Crippen LogP contribution in [0.25, 0.3) is 0 Å². The van der Waals surface area contributed by atoms with Crippen LogP contribution in [0.4, 0.5) is 0 Å². The summed E-state index contributed by atoms with van der Waals surface area (Å²) in [5.74, 6) is 0.0855. The Morgan fingerprint density at radius 1 is 1.31 bits per heavy atom. The van der Waals surface area contributed by atoms with E-state index >= 15 is 0 Å². The van der Waals surface area contributed by atoms with E-state index in [1.54, 1.807) is 4.90 Å². The van der Waals surface area contributed by atoms with Gasteiger partial charge in [-0.1, -0.05) is 18.2 Å². The Bertz CT molecular complexity index is 304. The molecule has 1 fully saturated rings. The molecule has 0 bridgehead atoms. The van der Waals surface area contributed by atoms with Gasteiger partial charge in [-0.3, -0.25) is 4.79 Å². The van der Waals surface area contributed by atoms with Gasteiger partial charge in [0.1, 0.15) is 0 Å². The number of hydrogen-bond donors (Lipinski definition) is 1. The molecule has 0 unspecified atom stereocenters. The van der Waals surface area contributed by atoms with Crippen LogP contribution in [-0.2, 0) is 0 Å². The third kappa shape index (κ3) is 1.55. The number of rotatable bonds is 1. The van der Waals surface area contributed by atoms with Crippen molar-refractivity contribution in [2.45, 2.75) is 6.04 Å². The molecular formula is C10H12N2O. The standard InChI is InChI=1S/C10H12N2O/c11-9-6-12(7-9)10(13)8-4-2-1-3-5-8/h1-5,9H,6-7,11H2. The Morgan fingerprint density at radius 3 is 2.46 bits per heavy atom. The van der Waals surface area contributed by atoms with Crippen LogP contribution in [0.2, 0.25) is 0 Å². The number of nitrogens with two attached hydrogens (primary N) is 1. The number of amides is 1. The van der Waals surface area contributed by atoms with E-state index in [2.05, 4.69) is 0 Å². The van der Waals surface area contributed by atoms with Gasteiger partial charge in [0.05, 0.1) is 0 Å². The monoisotopic (exact) mass is 176 g/mol. The zero-order valence-electron chi connectivity index (χ0n) is 7.31. The van der Waals surface area contributed by atoms with Crippen molar-refractivity contribution < 1.29 is 4.79 Å². The predicted molar refractivity (Wildman–Crippen MR) is 50.3 cm³/mol. The van der Waals surface area contributed by atoms with Gasteiger partial charge in [0.25, 0.3) is 5.91 Å². The molecule has 68 valence electrons. The van der Waals surface area contributed by atoms with Crippen molar-refractivity contribution in [3.8, 4) is 0 Å². The second-order valence-electron chi connectivity index (χ2n) is 3.34. The van der Waals surface area contributed by atoms with Crippen molar-refractivity contribution in [3.05, 3.63) is 35.9 Å². The molecule has 0 spiro atoms. The molecule has 1 heterocycles. The second kappa shape index (κ2) is 3.18. The quantitative estimate of drug-likeness (QED) is 0.676. The average Bonchev–Trinajstić information content (AvgIpc) is 2.13. The lowest BCUT2D eigenvalue weighted by Crippen LogP contribution is -2.57. The van der Waals surface area contributed by atoms with Crippen LogP contribution in [0.1, 0.15) is 10.4 Å². The third-order valence-electron chi connectivity index (χ3n) is 2.22. The molecule has 1 aromatic rings. The van der Waals surface area contributed by atoms with Crippen molar-refractivity contribution >= 4 is 5.91 Å². The number of hydrogen-bond acceptors (Lipinski definition) is 2. The number of carbonyl (C=O) groups excluding carboxylic acids is 1. The van der Waals surface area contributed by atoms with Gasteiger partial charge in [-0.15, -0.1) is 0 Å². The fourth-order valence-corrected chi connectivity index (χ4v) is 1.44. The highest BCUT2D eigenvalue weighted by atomic mass is 16.2. The molecule has 3 nitrogen and oxygen atoms in total. The van der Waals surface area contributed by atoms with Crippen molar-refractivity contribution in [2.75, 3.05) is 13.1 Å². The van der Waals surface area contributed by atoms with Crippen LogP contribution in [0, 0.1) is 0 Å². The first-order chi connectivity index (χ1) is 6.27. The van der Waals surface area contributed by atoms with Crippen LogP contribution in [-0.4, -0.2) is 29.9 Å². The van der Waals surface area contributed by atoms with Gasteiger partial charge >= 0.3 is 0 Å². The van der Waals surface area contributed by atoms with Crippen molar-refractivity contribution in [3.63, 3.8) is 0 Å². The summed E-state index contributed by atoms with van der Waals surface area (Å²) in [7, 11) is 0. The molecule has 0 aliphatic carbocycles. The van der Waals surface area contributed by atoms with E-state index in [4.69, 9.17) is 5.73 Å². The molecule has 1 aromatic carbocycles. The lowest BCUT2D eigenvalue weighted by Gasteiger charge is -2.36. The lowest BCUT2D eigenvalue weighted by molar-refractivity contribution is 0.0608. The highest BCUT2D eigenvalue weighted by Gasteiger charge is 2.27. The summed E-state index contributed by atoms with van der Waals surface area (Å²) in [4.78, 5) is 13.4. The van der Waals surface area contributed by atoms with E-state index in [1.165, 1.54) is 0 Å². The lowest BCUT2D eigenvalue weighted by atomic mass is 10.1. The van der Waals surface area contributed by atoms with E-state index < -0.39 is 0 Å². The molecule has 0 aromatic heterocycles. The summed E-state index contributed by atoms with van der Waals surface area (Å²) in [5.41, 5.74) is 6.34. The van der Waals surface area contributed by atoms with E-state index in [-0.39, 0.29) is 11.9 Å². The summed E-state index contributed by atoms with van der Waals surface area (Å²) in [5, 5.41) is 0. The Kier molecular flexibility index (Phi) is 2.02. The molecule has 2 N–H and O–H groups in total. The minimum absolute atomic E-state index is 0.0855. The van der Waals surface area contributed by atoms with Crippen LogP contribution in [0.3, 0.4) is 0 Å². The summed E-state index contributed by atoms with van der Waals surface area (Å²) in [6.07, 6.45) is 0. The van der Waals surface area contributed by atoms with Gasteiger partial charge < -0.3 is 10.6 Å². The van der Waals surface area contributed by atoms with Crippen molar-refractivity contribution in [2.24, 2.45) is 5.73 Å². The Morgan fingerprint density at radius 2 is 1.92 bits per heavy atom. The highest BCUT2D eigenvalue weighted by Crippen LogP contribution is 2.11. The van der Waals surface area contributed by atoms with Gasteiger partial charge in [-0.2, -0.15) is 0 Å². The first-order valence-corrected chi connectivity index (χ1v) is 4.37. The topological polar surface area (TPSA) is 46.3 Å². The van der Waals surface area contributed by atoms with Crippen molar-refractivity contribution in [1.82, 2.24) is 4.90 Å². The zero-order chi connectivity index (χ0) is 9.26. The van der Waals surface area contributed by atoms with Crippen LogP contribution in [0.5, 0.6) is 0 Å². The molecule has 3 heteroatoms. The maximum absolute atomic E-state index is 11.6. The molecule has 13 heavy (non-hydrogen) atoms. The molecule has 0 radical (unpaired) electrons. The minimum atomic E-state index is 0.0855. The molecule has 2 rings (SSSR count). The van der Waals surface area contributed by atoms with E-state index in [0.717, 1.165) is 5.56 Å². The summed E-state index contributed by atoms with van der Waals surface area (Å²) >= 11 is 0. The maximum atomic E-state index is 11.6. The predicted octanol–water partition coefficient (Wildman–Crippen LogP) is 0.470. The van der Waals surface area contributed by atoms with Gasteiger partial charge in [0.15, 0.2) is 0 Å². The fraction of sp³-hybridized carbons (Fsp3) is 0.300. The van der Waals surface area contributed by atoms with E-state index in [0.29, 0.717) is 13.1 Å². The number of carbonyl (C=O) groups is 1. The Labute approximate surface area is 77.1 Å². The average molecular weight is 176 g/mol. The van der Waals surface area contributed by atoms with Gasteiger partial charge in [0, 0.05) is 24.7 Å². The number of likely N-dealkylation sites (tertiary alicyclic amines) is 1. The normalized spacial score (nSPS) is 16.8. The number of nitrogens with zero attached hydrogens (tertiary/aromatic N) is 1. The molecular weight excluding hydrogens is 164 g/mol. The smallest absolute Gasteiger partial charge is 0.253 e. The molecule has 1 aliphatic rings. The molecule has 1 amide bonds. The third-order valence-corrected chi connectivity index (χ3v) is 2.22. The fourth-order valence-electron chi connectivity index (χ4n) is 1.44. The van der Waals surface area contributed by atoms with E-state index in [1.807, 2.05) is 30.3 Å². The summed E-state index contributed by atoms with van der Waals surface area (Å²) in [6, 6.07) is 9.46. The summed E-state index contributed by atoms with van der Waals surface area (Å²) in [6.45, 7) is 1.38. The second-order valence-corrected chi connectivity index (χ2v) is 3.34. The Balaban J connectivity index is 2.06. The Hall–Kier alpha value is -1.35. The van der Waals surface area contributed by atoms with Crippen LogP contribution in [0.15, 0.2) is 30.3 Å². The molecule has 0 saturated carbocycles.